The Kier molecular flexibility index (Phi) is 7.77. The number of amides is 2. The van der Waals surface area contributed by atoms with Crippen molar-refractivity contribution in [3.8, 4) is 5.75 Å². The van der Waals surface area contributed by atoms with Crippen LogP contribution in [0.15, 0.2) is 77.7 Å². The number of carbonyl (C=O) groups is 2. The third-order valence-electron chi connectivity index (χ3n) is 6.26. The molecule has 2 amide bonds. The van der Waals surface area contributed by atoms with E-state index in [1.165, 1.54) is 19.2 Å². The molecule has 194 valence electrons. The fourth-order valence-corrected chi connectivity index (χ4v) is 5.19. The minimum Gasteiger partial charge on any atom is -0.497 e. The van der Waals surface area contributed by atoms with Gasteiger partial charge in [-0.3, -0.25) is 9.59 Å². The molecule has 4 rings (SSSR count). The lowest BCUT2D eigenvalue weighted by atomic mass is 10.0. The normalized spacial score (nSPS) is 14.7. The Morgan fingerprint density at radius 2 is 1.59 bits per heavy atom. The molecule has 1 N–H and O–H groups in total. The molecule has 1 aliphatic rings. The smallest absolute Gasteiger partial charge is 0.252 e. The molecule has 0 unspecified atom stereocenters. The van der Waals surface area contributed by atoms with Crippen molar-refractivity contribution in [3.63, 3.8) is 0 Å². The van der Waals surface area contributed by atoms with Crippen LogP contribution in [0.25, 0.3) is 0 Å². The maximum Gasteiger partial charge on any atom is 0.252 e. The second kappa shape index (κ2) is 11.0. The van der Waals surface area contributed by atoms with E-state index in [4.69, 9.17) is 4.74 Å². The first-order valence-electron chi connectivity index (χ1n) is 11.7. The summed E-state index contributed by atoms with van der Waals surface area (Å²) in [6.07, 6.45) is 1.04. The molecule has 8 nitrogen and oxygen atoms in total. The predicted octanol–water partition coefficient (Wildman–Crippen LogP) is 3.06. The highest BCUT2D eigenvalue weighted by atomic mass is 32.2. The Balaban J connectivity index is 1.51. The van der Waals surface area contributed by atoms with Gasteiger partial charge in [-0.05, 0) is 48.0 Å². The summed E-state index contributed by atoms with van der Waals surface area (Å²) in [4.78, 5) is 30.0. The van der Waals surface area contributed by atoms with Crippen LogP contribution in [0.5, 0.6) is 5.75 Å². The number of piperazine rings is 1. The fraction of sp³-hybridized carbons (Fsp3) is 0.259. The molecule has 10 heteroatoms. The average molecular weight is 526 g/mol. The largest absolute Gasteiger partial charge is 0.497 e. The Morgan fingerprint density at radius 3 is 2.19 bits per heavy atom. The van der Waals surface area contributed by atoms with Crippen molar-refractivity contribution in [2.75, 3.05) is 44.4 Å². The second-order valence-corrected chi connectivity index (χ2v) is 10.7. The monoisotopic (exact) mass is 525 g/mol. The van der Waals surface area contributed by atoms with Crippen LogP contribution in [0.2, 0.25) is 0 Å². The third-order valence-corrected chi connectivity index (χ3v) is 7.39. The standard InChI is InChI=1S/C27H28FN3O5S/c1-36-22-11-8-20(9-12-22)26(32)29-25(19-6-4-3-5-7-19)27(33)31-16-14-30(15-17-31)23-13-10-21(28)18-24(23)37(2,34)35/h3-13,18,25H,14-17H2,1-2H3,(H,29,32)/t25-/m1/s1. The minimum atomic E-state index is -3.65. The maximum atomic E-state index is 13.8. The number of methoxy groups -OCH3 is 1. The molecule has 0 saturated carbocycles. The van der Waals surface area contributed by atoms with Crippen LogP contribution in [0.1, 0.15) is 22.0 Å². The maximum absolute atomic E-state index is 13.8. The van der Waals surface area contributed by atoms with Crippen molar-refractivity contribution < 1.29 is 27.1 Å². The number of nitrogens with zero attached hydrogens (tertiary/aromatic N) is 2. The zero-order chi connectivity index (χ0) is 26.6. The molecule has 0 spiro atoms. The topological polar surface area (TPSA) is 96.0 Å². The number of benzene rings is 3. The van der Waals surface area contributed by atoms with Crippen LogP contribution in [-0.4, -0.2) is 64.7 Å². The van der Waals surface area contributed by atoms with Gasteiger partial charge >= 0.3 is 0 Å². The molecule has 0 aromatic heterocycles. The summed E-state index contributed by atoms with van der Waals surface area (Å²) in [7, 11) is -2.11. The number of sulfone groups is 1. The summed E-state index contributed by atoms with van der Waals surface area (Å²) >= 11 is 0. The van der Waals surface area contributed by atoms with Crippen molar-refractivity contribution in [1.82, 2.24) is 10.2 Å². The highest BCUT2D eigenvalue weighted by Crippen LogP contribution is 2.28. The highest BCUT2D eigenvalue weighted by molar-refractivity contribution is 7.90. The number of ether oxygens (including phenoxy) is 1. The summed E-state index contributed by atoms with van der Waals surface area (Å²) < 4.78 is 43.3. The molecular formula is C27H28FN3O5S. The van der Waals surface area contributed by atoms with Gasteiger partial charge in [0.1, 0.15) is 17.6 Å². The highest BCUT2D eigenvalue weighted by Gasteiger charge is 2.31. The number of hydrogen-bond acceptors (Lipinski definition) is 6. The van der Waals surface area contributed by atoms with Crippen molar-refractivity contribution in [3.05, 3.63) is 89.7 Å². The first-order chi connectivity index (χ1) is 17.7. The van der Waals surface area contributed by atoms with Crippen molar-refractivity contribution in [2.45, 2.75) is 10.9 Å². The molecule has 0 radical (unpaired) electrons. The zero-order valence-electron chi connectivity index (χ0n) is 20.6. The quantitative estimate of drug-likeness (QED) is 0.510. The number of rotatable bonds is 7. The number of anilines is 1. The number of halogens is 1. The first kappa shape index (κ1) is 26.2. The van der Waals surface area contributed by atoms with E-state index < -0.39 is 27.6 Å². The molecule has 3 aromatic carbocycles. The first-order valence-corrected chi connectivity index (χ1v) is 13.6. The number of nitrogens with one attached hydrogen (secondary N) is 1. The third kappa shape index (κ3) is 6.08. The Hall–Kier alpha value is -3.92. The van der Waals surface area contributed by atoms with Crippen LogP contribution in [0.3, 0.4) is 0 Å². The molecule has 1 saturated heterocycles. The SMILES string of the molecule is COc1ccc(C(=O)N[C@@H](C(=O)N2CCN(c3ccc(F)cc3S(C)(=O)=O)CC2)c2ccccc2)cc1. The van der Waals surface area contributed by atoms with Gasteiger partial charge < -0.3 is 19.9 Å². The van der Waals surface area contributed by atoms with E-state index in [2.05, 4.69) is 5.32 Å². The average Bonchev–Trinajstić information content (AvgIpc) is 2.91. The van der Waals surface area contributed by atoms with Gasteiger partial charge in [0.05, 0.1) is 17.7 Å². The van der Waals surface area contributed by atoms with E-state index in [9.17, 15) is 22.4 Å². The number of carbonyl (C=O) groups excluding carboxylic acids is 2. The zero-order valence-corrected chi connectivity index (χ0v) is 21.4. The lowest BCUT2D eigenvalue weighted by Gasteiger charge is -2.38. The molecule has 3 aromatic rings. The summed E-state index contributed by atoms with van der Waals surface area (Å²) in [5.41, 5.74) is 1.45. The van der Waals surface area contributed by atoms with Gasteiger partial charge in [0, 0.05) is 38.0 Å². The Morgan fingerprint density at radius 1 is 0.946 bits per heavy atom. The lowest BCUT2D eigenvalue weighted by Crippen LogP contribution is -2.52. The predicted molar refractivity (Wildman–Crippen MR) is 138 cm³/mol. The molecule has 0 bridgehead atoms. The van der Waals surface area contributed by atoms with Crippen molar-refractivity contribution in [1.29, 1.82) is 0 Å². The second-order valence-electron chi connectivity index (χ2n) is 8.74. The molecule has 1 aliphatic heterocycles. The van der Waals surface area contributed by atoms with Gasteiger partial charge in [-0.1, -0.05) is 30.3 Å². The summed E-state index contributed by atoms with van der Waals surface area (Å²) in [6, 6.07) is 18.4. The van der Waals surface area contributed by atoms with Crippen LogP contribution in [0, 0.1) is 5.82 Å². The van der Waals surface area contributed by atoms with E-state index in [0.717, 1.165) is 12.3 Å². The molecule has 1 fully saturated rings. The summed E-state index contributed by atoms with van der Waals surface area (Å²) in [5.74, 6) is -0.677. The summed E-state index contributed by atoms with van der Waals surface area (Å²) in [5, 5.41) is 2.86. The van der Waals surface area contributed by atoms with Crippen LogP contribution in [-0.2, 0) is 14.6 Å². The van der Waals surface area contributed by atoms with E-state index in [1.54, 1.807) is 53.4 Å². The van der Waals surface area contributed by atoms with E-state index in [1.807, 2.05) is 11.0 Å². The van der Waals surface area contributed by atoms with Gasteiger partial charge in [0.25, 0.3) is 5.91 Å². The molecule has 1 atom stereocenters. The van der Waals surface area contributed by atoms with Gasteiger partial charge in [0.15, 0.2) is 9.84 Å². The molecule has 1 heterocycles. The molecule has 37 heavy (non-hydrogen) atoms. The Labute approximate surface area is 215 Å². The van der Waals surface area contributed by atoms with Gasteiger partial charge in [-0.15, -0.1) is 0 Å². The van der Waals surface area contributed by atoms with Crippen LogP contribution >= 0.6 is 0 Å². The molecular weight excluding hydrogens is 497 g/mol. The fourth-order valence-electron chi connectivity index (χ4n) is 4.29. The van der Waals surface area contributed by atoms with Gasteiger partial charge in [-0.25, -0.2) is 12.8 Å². The minimum absolute atomic E-state index is 0.0822. The van der Waals surface area contributed by atoms with Crippen LogP contribution < -0.4 is 15.0 Å². The molecule has 0 aliphatic carbocycles. The van der Waals surface area contributed by atoms with Gasteiger partial charge in [-0.2, -0.15) is 0 Å². The van der Waals surface area contributed by atoms with Gasteiger partial charge in [0.2, 0.25) is 5.91 Å². The lowest BCUT2D eigenvalue weighted by molar-refractivity contribution is -0.133. The van der Waals surface area contributed by atoms with E-state index in [-0.39, 0.29) is 10.8 Å². The number of hydrogen-bond donors (Lipinski definition) is 1. The van der Waals surface area contributed by atoms with Crippen molar-refractivity contribution >= 4 is 27.3 Å². The summed E-state index contributed by atoms with van der Waals surface area (Å²) in [6.45, 7) is 1.32. The van der Waals surface area contributed by atoms with Crippen molar-refractivity contribution in [2.24, 2.45) is 0 Å². The Bertz CT molecular complexity index is 1370. The van der Waals surface area contributed by atoms with E-state index in [0.29, 0.717) is 48.7 Å². The van der Waals surface area contributed by atoms with E-state index >= 15 is 0 Å². The van der Waals surface area contributed by atoms with Crippen LogP contribution in [0.4, 0.5) is 10.1 Å².